The number of nitrogens with one attached hydrogen (secondary N) is 2. The molecule has 2 aromatic carbocycles. The van der Waals surface area contributed by atoms with E-state index < -0.39 is 12.0 Å². The molecule has 0 unspecified atom stereocenters. The van der Waals surface area contributed by atoms with Crippen molar-refractivity contribution in [2.75, 3.05) is 29.9 Å². The SMILES string of the molecule is Cc1cc(Br)cc(C)c1NC(=O)COc1ccc(N2C[C@@H](C(=O)NC[C@@H](C)O)CC2=O)cc1. The quantitative estimate of drug-likeness (QED) is 0.498. The van der Waals surface area contributed by atoms with Gasteiger partial charge >= 0.3 is 0 Å². The van der Waals surface area contributed by atoms with Gasteiger partial charge in [0, 0.05) is 35.4 Å². The maximum atomic E-state index is 12.4. The molecule has 3 N–H and O–H groups in total. The molecule has 9 heteroatoms. The topological polar surface area (TPSA) is 108 Å². The van der Waals surface area contributed by atoms with Crippen LogP contribution in [-0.4, -0.2) is 48.6 Å². The van der Waals surface area contributed by atoms with Crippen LogP contribution in [0.5, 0.6) is 5.75 Å². The van der Waals surface area contributed by atoms with Gasteiger partial charge in [0.05, 0.1) is 12.0 Å². The third-order valence-corrected chi connectivity index (χ3v) is 5.81. The van der Waals surface area contributed by atoms with Gasteiger partial charge in [-0.05, 0) is 68.3 Å². The summed E-state index contributed by atoms with van der Waals surface area (Å²) in [5, 5.41) is 14.8. The van der Waals surface area contributed by atoms with Crippen molar-refractivity contribution in [3.63, 3.8) is 0 Å². The van der Waals surface area contributed by atoms with E-state index in [4.69, 9.17) is 4.74 Å². The van der Waals surface area contributed by atoms with Gasteiger partial charge in [-0.3, -0.25) is 14.4 Å². The highest BCUT2D eigenvalue weighted by molar-refractivity contribution is 9.10. The van der Waals surface area contributed by atoms with Gasteiger partial charge in [-0.15, -0.1) is 0 Å². The predicted molar refractivity (Wildman–Crippen MR) is 129 cm³/mol. The van der Waals surface area contributed by atoms with Crippen LogP contribution in [0.3, 0.4) is 0 Å². The van der Waals surface area contributed by atoms with Gasteiger partial charge in [-0.25, -0.2) is 0 Å². The van der Waals surface area contributed by atoms with E-state index in [0.717, 1.165) is 21.3 Å². The lowest BCUT2D eigenvalue weighted by molar-refractivity contribution is -0.126. The molecule has 3 amide bonds. The summed E-state index contributed by atoms with van der Waals surface area (Å²) in [6.45, 7) is 5.72. The first-order chi connectivity index (χ1) is 15.6. The average Bonchev–Trinajstić information content (AvgIpc) is 3.15. The standard InChI is InChI=1S/C24H28BrN3O5/c1-14-8-18(25)9-15(2)23(14)27-21(30)13-33-20-6-4-19(5-7-20)28-12-17(10-22(28)31)24(32)26-11-16(3)29/h4-9,16-17,29H,10-13H2,1-3H3,(H,26,32)(H,27,30)/t16-,17+/m1/s1. The summed E-state index contributed by atoms with van der Waals surface area (Å²) in [6.07, 6.45) is -0.515. The Morgan fingerprint density at radius 1 is 1.21 bits per heavy atom. The zero-order chi connectivity index (χ0) is 24.1. The summed E-state index contributed by atoms with van der Waals surface area (Å²) < 4.78 is 6.54. The Balaban J connectivity index is 1.54. The van der Waals surface area contributed by atoms with Crippen LogP contribution >= 0.6 is 15.9 Å². The molecule has 1 saturated heterocycles. The molecule has 1 aliphatic heterocycles. The van der Waals surface area contributed by atoms with Crippen LogP contribution in [0.2, 0.25) is 0 Å². The summed E-state index contributed by atoms with van der Waals surface area (Å²) in [7, 11) is 0. The lowest BCUT2D eigenvalue weighted by atomic mass is 10.1. The molecule has 176 valence electrons. The summed E-state index contributed by atoms with van der Waals surface area (Å²) in [4.78, 5) is 38.5. The average molecular weight is 518 g/mol. The molecular weight excluding hydrogens is 490 g/mol. The van der Waals surface area contributed by atoms with E-state index in [2.05, 4.69) is 26.6 Å². The highest BCUT2D eigenvalue weighted by atomic mass is 79.9. The number of hydrogen-bond acceptors (Lipinski definition) is 5. The third kappa shape index (κ3) is 6.55. The van der Waals surface area contributed by atoms with E-state index in [1.54, 1.807) is 36.1 Å². The highest BCUT2D eigenvalue weighted by Crippen LogP contribution is 2.27. The monoisotopic (exact) mass is 517 g/mol. The Bertz CT molecular complexity index is 1020. The van der Waals surface area contributed by atoms with E-state index in [-0.39, 0.29) is 43.8 Å². The first-order valence-corrected chi connectivity index (χ1v) is 11.5. The first-order valence-electron chi connectivity index (χ1n) is 10.7. The van der Waals surface area contributed by atoms with Crippen LogP contribution in [0.25, 0.3) is 0 Å². The van der Waals surface area contributed by atoms with Crippen LogP contribution in [0, 0.1) is 19.8 Å². The van der Waals surface area contributed by atoms with Crippen LogP contribution in [0.15, 0.2) is 40.9 Å². The minimum Gasteiger partial charge on any atom is -0.484 e. The molecule has 1 heterocycles. The number of benzene rings is 2. The number of aliphatic hydroxyl groups excluding tert-OH is 1. The lowest BCUT2D eigenvalue weighted by Gasteiger charge is -2.17. The minimum absolute atomic E-state index is 0.124. The zero-order valence-corrected chi connectivity index (χ0v) is 20.4. The maximum Gasteiger partial charge on any atom is 0.262 e. The molecular formula is C24H28BrN3O5. The van der Waals surface area contributed by atoms with Gasteiger partial charge < -0.3 is 25.4 Å². The Hall–Kier alpha value is -2.91. The van der Waals surface area contributed by atoms with Crippen LogP contribution < -0.4 is 20.3 Å². The van der Waals surface area contributed by atoms with Crippen LogP contribution in [0.1, 0.15) is 24.5 Å². The predicted octanol–water partition coefficient (Wildman–Crippen LogP) is 2.93. The molecule has 2 atom stereocenters. The molecule has 1 aliphatic rings. The number of ether oxygens (including phenoxy) is 1. The van der Waals surface area contributed by atoms with E-state index in [0.29, 0.717) is 11.4 Å². The second-order valence-electron chi connectivity index (χ2n) is 8.24. The number of aryl methyl sites for hydroxylation is 2. The molecule has 0 aliphatic carbocycles. The maximum absolute atomic E-state index is 12.4. The Morgan fingerprint density at radius 2 is 1.85 bits per heavy atom. The minimum atomic E-state index is -0.639. The number of amides is 3. The number of rotatable bonds is 8. The van der Waals surface area contributed by atoms with Crippen molar-refractivity contribution in [2.45, 2.75) is 33.3 Å². The highest BCUT2D eigenvalue weighted by Gasteiger charge is 2.35. The normalized spacial score (nSPS) is 16.5. The molecule has 0 spiro atoms. The molecule has 1 fully saturated rings. The summed E-state index contributed by atoms with van der Waals surface area (Å²) in [5.74, 6) is -0.611. The molecule has 3 rings (SSSR count). The van der Waals surface area contributed by atoms with Crippen LogP contribution in [-0.2, 0) is 14.4 Å². The number of aliphatic hydroxyl groups is 1. The van der Waals surface area contributed by atoms with Crippen molar-refractivity contribution in [1.82, 2.24) is 5.32 Å². The first kappa shape index (κ1) is 24.7. The Kier molecular flexibility index (Phi) is 8.10. The largest absolute Gasteiger partial charge is 0.484 e. The molecule has 0 saturated carbocycles. The van der Waals surface area contributed by atoms with Gasteiger partial charge in [0.15, 0.2) is 6.61 Å². The molecule has 2 aromatic rings. The molecule has 33 heavy (non-hydrogen) atoms. The van der Waals surface area contributed by atoms with Crippen LogP contribution in [0.4, 0.5) is 11.4 Å². The number of halogens is 1. The zero-order valence-electron chi connectivity index (χ0n) is 18.9. The number of hydrogen-bond donors (Lipinski definition) is 3. The number of anilines is 2. The van der Waals surface area contributed by atoms with E-state index in [1.807, 2.05) is 26.0 Å². The van der Waals surface area contributed by atoms with Crippen molar-refractivity contribution < 1.29 is 24.2 Å². The summed E-state index contributed by atoms with van der Waals surface area (Å²) in [5.41, 5.74) is 3.32. The summed E-state index contributed by atoms with van der Waals surface area (Å²) in [6, 6.07) is 10.7. The lowest BCUT2D eigenvalue weighted by Crippen LogP contribution is -2.36. The van der Waals surface area contributed by atoms with Crippen molar-refractivity contribution in [3.05, 3.63) is 52.0 Å². The fourth-order valence-corrected chi connectivity index (χ4v) is 4.37. The Labute approximate surface area is 201 Å². The van der Waals surface area contributed by atoms with Crippen molar-refractivity contribution in [2.24, 2.45) is 5.92 Å². The number of carbonyl (C=O) groups is 3. The second kappa shape index (κ2) is 10.8. The third-order valence-electron chi connectivity index (χ3n) is 5.35. The van der Waals surface area contributed by atoms with Gasteiger partial charge in [0.1, 0.15) is 5.75 Å². The van der Waals surface area contributed by atoms with E-state index >= 15 is 0 Å². The fourth-order valence-electron chi connectivity index (χ4n) is 3.68. The molecule has 0 aromatic heterocycles. The van der Waals surface area contributed by atoms with Crippen molar-refractivity contribution in [1.29, 1.82) is 0 Å². The Morgan fingerprint density at radius 3 is 2.45 bits per heavy atom. The van der Waals surface area contributed by atoms with Gasteiger partial charge in [-0.2, -0.15) is 0 Å². The fraction of sp³-hybridized carbons (Fsp3) is 0.375. The molecule has 0 radical (unpaired) electrons. The second-order valence-corrected chi connectivity index (χ2v) is 9.16. The van der Waals surface area contributed by atoms with Crippen molar-refractivity contribution >= 4 is 45.0 Å². The van der Waals surface area contributed by atoms with Gasteiger partial charge in [0.2, 0.25) is 11.8 Å². The smallest absolute Gasteiger partial charge is 0.262 e. The number of nitrogens with zero attached hydrogens (tertiary/aromatic N) is 1. The van der Waals surface area contributed by atoms with E-state index in [9.17, 15) is 19.5 Å². The molecule has 0 bridgehead atoms. The molecule has 8 nitrogen and oxygen atoms in total. The van der Waals surface area contributed by atoms with E-state index in [1.165, 1.54) is 0 Å². The van der Waals surface area contributed by atoms with Crippen molar-refractivity contribution in [3.8, 4) is 5.75 Å². The van der Waals surface area contributed by atoms with Gasteiger partial charge in [-0.1, -0.05) is 15.9 Å². The summed E-state index contributed by atoms with van der Waals surface area (Å²) >= 11 is 3.44. The number of carbonyl (C=O) groups excluding carboxylic acids is 3. The van der Waals surface area contributed by atoms with Gasteiger partial charge in [0.25, 0.3) is 5.91 Å².